The van der Waals surface area contributed by atoms with Gasteiger partial charge in [-0.15, -0.1) is 0 Å². The first-order chi connectivity index (χ1) is 6.89. The highest BCUT2D eigenvalue weighted by Gasteiger charge is 2.48. The highest BCUT2D eigenvalue weighted by atomic mass is 28.3. The van der Waals surface area contributed by atoms with Crippen LogP contribution in [0.4, 0.5) is 0 Å². The van der Waals surface area contributed by atoms with Crippen LogP contribution in [0.1, 0.15) is 0 Å². The molecule has 0 aromatic carbocycles. The maximum Gasteiger partial charge on any atom is 0.196 e. The SMILES string of the molecule is CN(C)B(B(N(C)C)[Si](C)(C)C)[Si](C)(C)C. The zero-order chi connectivity index (χ0) is 13.3. The minimum atomic E-state index is -1.17. The molecule has 0 aliphatic rings. The summed E-state index contributed by atoms with van der Waals surface area (Å²) in [6, 6.07) is 0. The van der Waals surface area contributed by atoms with E-state index in [9.17, 15) is 0 Å². The summed E-state index contributed by atoms with van der Waals surface area (Å²) in [5.41, 5.74) is 0. The fourth-order valence-electron chi connectivity index (χ4n) is 3.06. The summed E-state index contributed by atoms with van der Waals surface area (Å²) < 4.78 is 0. The monoisotopic (exact) mass is 256 g/mol. The first kappa shape index (κ1) is 16.5. The topological polar surface area (TPSA) is 6.48 Å². The molecule has 0 aromatic rings. The van der Waals surface area contributed by atoms with Crippen LogP contribution in [-0.2, 0) is 0 Å². The molecule has 6 heteroatoms. The summed E-state index contributed by atoms with van der Waals surface area (Å²) in [5.74, 6) is 0. The third-order valence-corrected chi connectivity index (χ3v) is 8.73. The average Bonchev–Trinajstić information content (AvgIpc) is 1.92. The van der Waals surface area contributed by atoms with Gasteiger partial charge in [-0.25, -0.2) is 0 Å². The van der Waals surface area contributed by atoms with Gasteiger partial charge < -0.3 is 9.62 Å². The summed E-state index contributed by atoms with van der Waals surface area (Å²) in [6.45, 7) is 15.0. The van der Waals surface area contributed by atoms with Crippen LogP contribution in [0.3, 0.4) is 0 Å². The molecule has 0 aliphatic carbocycles. The molecule has 0 saturated carbocycles. The maximum absolute atomic E-state index is 2.49. The lowest BCUT2D eigenvalue weighted by Crippen LogP contribution is -2.74. The van der Waals surface area contributed by atoms with Gasteiger partial charge in [0.2, 0.25) is 0 Å². The van der Waals surface area contributed by atoms with Gasteiger partial charge >= 0.3 is 0 Å². The molecule has 0 aliphatic heterocycles. The molecular weight excluding hydrogens is 226 g/mol. The normalized spacial score (nSPS) is 13.5. The zero-order valence-electron chi connectivity index (χ0n) is 13.0. The van der Waals surface area contributed by atoms with E-state index in [0.717, 1.165) is 12.7 Å². The van der Waals surface area contributed by atoms with Crippen molar-refractivity contribution in [1.82, 2.24) is 9.62 Å². The first-order valence-corrected chi connectivity index (χ1v) is 13.4. The highest BCUT2D eigenvalue weighted by Crippen LogP contribution is 2.19. The van der Waals surface area contributed by atoms with Gasteiger partial charge in [-0.1, -0.05) is 39.3 Å². The maximum atomic E-state index is 2.49. The Labute approximate surface area is 106 Å². The summed E-state index contributed by atoms with van der Waals surface area (Å²) in [4.78, 5) is 4.93. The van der Waals surface area contributed by atoms with E-state index in [0.29, 0.717) is 0 Å². The molecule has 0 heterocycles. The van der Waals surface area contributed by atoms with Gasteiger partial charge in [0.15, 0.2) is 12.7 Å². The van der Waals surface area contributed by atoms with Crippen molar-refractivity contribution in [2.45, 2.75) is 39.3 Å². The van der Waals surface area contributed by atoms with Crippen molar-refractivity contribution in [1.29, 1.82) is 0 Å². The van der Waals surface area contributed by atoms with E-state index in [1.807, 2.05) is 0 Å². The second-order valence-electron chi connectivity index (χ2n) is 7.55. The van der Waals surface area contributed by atoms with Gasteiger partial charge in [0.05, 0.1) is 0 Å². The second-order valence-corrected chi connectivity index (χ2v) is 18.2. The van der Waals surface area contributed by atoms with Crippen LogP contribution < -0.4 is 0 Å². The van der Waals surface area contributed by atoms with Crippen LogP contribution in [-0.4, -0.2) is 66.4 Å². The molecule has 0 amide bonds. The lowest BCUT2D eigenvalue weighted by molar-refractivity contribution is 0.635. The number of hydrogen-bond acceptors (Lipinski definition) is 2. The number of nitrogens with zero attached hydrogens (tertiary/aromatic N) is 2. The Morgan fingerprint density at radius 2 is 0.750 bits per heavy atom. The first-order valence-electron chi connectivity index (χ1n) is 6.22. The Morgan fingerprint density at radius 1 is 0.562 bits per heavy atom. The van der Waals surface area contributed by atoms with Gasteiger partial charge in [-0.3, -0.25) is 0 Å². The molecular formula is C10H30B2N2Si2. The van der Waals surface area contributed by atoms with Crippen molar-refractivity contribution < 1.29 is 0 Å². The van der Waals surface area contributed by atoms with E-state index in [4.69, 9.17) is 0 Å². The molecule has 0 aromatic heterocycles. The van der Waals surface area contributed by atoms with Crippen molar-refractivity contribution >= 4 is 28.5 Å². The Balaban J connectivity index is 5.30. The van der Waals surface area contributed by atoms with E-state index in [2.05, 4.69) is 77.1 Å². The molecule has 94 valence electrons. The predicted molar refractivity (Wildman–Crippen MR) is 85.6 cm³/mol. The molecule has 0 radical (unpaired) electrons. The van der Waals surface area contributed by atoms with Crippen molar-refractivity contribution in [3.8, 4) is 0 Å². The fourth-order valence-corrected chi connectivity index (χ4v) is 11.7. The Hall–Kier alpha value is 0.484. The van der Waals surface area contributed by atoms with Crippen LogP contribution in [0, 0.1) is 0 Å². The summed E-state index contributed by atoms with van der Waals surface area (Å²) >= 11 is 0. The van der Waals surface area contributed by atoms with Crippen LogP contribution in [0.25, 0.3) is 0 Å². The van der Waals surface area contributed by atoms with Gasteiger partial charge in [0.25, 0.3) is 0 Å². The average molecular weight is 256 g/mol. The molecule has 2 nitrogen and oxygen atoms in total. The molecule has 0 unspecified atom stereocenters. The van der Waals surface area contributed by atoms with Crippen LogP contribution >= 0.6 is 0 Å². The predicted octanol–water partition coefficient (Wildman–Crippen LogP) is 2.00. The van der Waals surface area contributed by atoms with Crippen molar-refractivity contribution in [2.75, 3.05) is 28.2 Å². The lowest BCUT2D eigenvalue weighted by Gasteiger charge is -2.44. The van der Waals surface area contributed by atoms with Crippen molar-refractivity contribution in [3.05, 3.63) is 0 Å². The van der Waals surface area contributed by atoms with Gasteiger partial charge in [-0.2, -0.15) is 0 Å². The van der Waals surface area contributed by atoms with E-state index < -0.39 is 15.9 Å². The lowest BCUT2D eigenvalue weighted by atomic mass is 9.49. The third kappa shape index (κ3) is 4.39. The summed E-state index contributed by atoms with van der Waals surface area (Å²) in [7, 11) is 6.67. The Kier molecular flexibility index (Phi) is 5.58. The van der Waals surface area contributed by atoms with E-state index in [-0.39, 0.29) is 0 Å². The van der Waals surface area contributed by atoms with E-state index >= 15 is 0 Å². The number of rotatable bonds is 5. The van der Waals surface area contributed by atoms with E-state index in [1.54, 1.807) is 0 Å². The minimum Gasteiger partial charge on any atom is -0.354 e. The highest BCUT2D eigenvalue weighted by molar-refractivity contribution is 7.69. The van der Waals surface area contributed by atoms with Crippen molar-refractivity contribution in [2.24, 2.45) is 0 Å². The molecule has 16 heavy (non-hydrogen) atoms. The summed E-state index contributed by atoms with van der Waals surface area (Å²) in [6.07, 6.45) is 1.49. The van der Waals surface area contributed by atoms with Crippen LogP contribution in [0.2, 0.25) is 39.3 Å². The summed E-state index contributed by atoms with van der Waals surface area (Å²) in [5, 5.41) is 0. The zero-order valence-corrected chi connectivity index (χ0v) is 15.0. The minimum absolute atomic E-state index is 0.745. The van der Waals surface area contributed by atoms with Crippen molar-refractivity contribution in [3.63, 3.8) is 0 Å². The van der Waals surface area contributed by atoms with Crippen LogP contribution in [0.15, 0.2) is 0 Å². The van der Waals surface area contributed by atoms with Crippen LogP contribution in [0.5, 0.6) is 0 Å². The smallest absolute Gasteiger partial charge is 0.196 e. The van der Waals surface area contributed by atoms with E-state index in [1.165, 1.54) is 0 Å². The Morgan fingerprint density at radius 3 is 0.812 bits per heavy atom. The number of hydrogen-bond donors (Lipinski definition) is 0. The molecule has 0 atom stereocenters. The molecule has 0 N–H and O–H groups in total. The standard InChI is InChI=1S/C10H30B2N2Si2/c1-13(2)11(15(5,6)7)12(14(3)4)16(8,9)10/h1-10H3. The Bertz CT molecular complexity index is 198. The largest absolute Gasteiger partial charge is 0.354 e. The quantitative estimate of drug-likeness (QED) is 0.694. The fraction of sp³-hybridized carbons (Fsp3) is 1.00. The molecule has 0 fully saturated rings. The van der Waals surface area contributed by atoms with Gasteiger partial charge in [0, 0.05) is 15.9 Å². The molecule has 0 bridgehead atoms. The molecule has 0 rings (SSSR count). The molecule has 0 saturated heterocycles. The second kappa shape index (κ2) is 5.42. The van der Waals surface area contributed by atoms with Gasteiger partial charge in [0.1, 0.15) is 0 Å². The van der Waals surface area contributed by atoms with Gasteiger partial charge in [-0.05, 0) is 28.2 Å². The third-order valence-electron chi connectivity index (χ3n) is 3.19. The molecule has 0 spiro atoms.